The lowest BCUT2D eigenvalue weighted by molar-refractivity contribution is 0.0768. The van der Waals surface area contributed by atoms with Crippen LogP contribution in [-0.2, 0) is 0 Å². The van der Waals surface area contributed by atoms with Crippen LogP contribution in [0.25, 0.3) is 0 Å². The summed E-state index contributed by atoms with van der Waals surface area (Å²) < 4.78 is 0. The van der Waals surface area contributed by atoms with Crippen molar-refractivity contribution < 1.29 is 10.0 Å². The van der Waals surface area contributed by atoms with Crippen LogP contribution in [0.15, 0.2) is 22.0 Å². The minimum atomic E-state index is -0.266. The summed E-state index contributed by atoms with van der Waals surface area (Å²) in [5.74, 6) is 0.0661. The molecule has 1 atom stereocenters. The fraction of sp³-hybridized carbons (Fsp3) is 0.400. The third-order valence-corrected chi connectivity index (χ3v) is 3.42. The summed E-state index contributed by atoms with van der Waals surface area (Å²) in [5.41, 5.74) is 6.24. The number of amides is 1. The van der Waals surface area contributed by atoms with E-state index >= 15 is 0 Å². The minimum absolute atomic E-state index is 0.0460. The number of nitrogens with zero attached hydrogens (tertiary/aromatic N) is 2. The van der Waals surface area contributed by atoms with Crippen LogP contribution in [0.2, 0.25) is 0 Å². The molecule has 16 heavy (non-hydrogen) atoms. The standard InChI is InChI=1S/C10H13N3O2S/c11-9(12-15)8-2-1-4-13(8)10(14)7-3-5-16-6-7/h3,5-6,8,15H,1-2,4H2,(H2,11,12). The zero-order valence-corrected chi connectivity index (χ0v) is 9.48. The second-order valence-corrected chi connectivity index (χ2v) is 4.47. The molecule has 86 valence electrons. The molecule has 1 amide bonds. The quantitative estimate of drug-likeness (QED) is 0.351. The van der Waals surface area contributed by atoms with E-state index < -0.39 is 0 Å². The van der Waals surface area contributed by atoms with E-state index in [0.717, 1.165) is 12.8 Å². The summed E-state index contributed by atoms with van der Waals surface area (Å²) in [7, 11) is 0. The topological polar surface area (TPSA) is 78.9 Å². The second-order valence-electron chi connectivity index (χ2n) is 3.69. The van der Waals surface area contributed by atoms with Crippen LogP contribution in [0.4, 0.5) is 0 Å². The van der Waals surface area contributed by atoms with E-state index in [1.165, 1.54) is 11.3 Å². The zero-order chi connectivity index (χ0) is 11.5. The van der Waals surface area contributed by atoms with Gasteiger partial charge in [0.15, 0.2) is 5.84 Å². The van der Waals surface area contributed by atoms with E-state index in [2.05, 4.69) is 5.16 Å². The molecule has 0 aliphatic carbocycles. The number of rotatable bonds is 2. The molecule has 1 aromatic rings. The van der Waals surface area contributed by atoms with Gasteiger partial charge < -0.3 is 15.8 Å². The molecule has 1 saturated heterocycles. The zero-order valence-electron chi connectivity index (χ0n) is 8.67. The van der Waals surface area contributed by atoms with E-state index in [0.29, 0.717) is 12.1 Å². The summed E-state index contributed by atoms with van der Waals surface area (Å²) in [6, 6.07) is 1.52. The monoisotopic (exact) mass is 239 g/mol. The maximum absolute atomic E-state index is 12.1. The Kier molecular flexibility index (Phi) is 3.09. The summed E-state index contributed by atoms with van der Waals surface area (Å²) in [4.78, 5) is 13.7. The Morgan fingerprint density at radius 2 is 2.50 bits per heavy atom. The highest BCUT2D eigenvalue weighted by atomic mass is 32.1. The van der Waals surface area contributed by atoms with Crippen molar-refractivity contribution in [3.05, 3.63) is 22.4 Å². The highest BCUT2D eigenvalue weighted by molar-refractivity contribution is 7.08. The summed E-state index contributed by atoms with van der Waals surface area (Å²) in [5, 5.41) is 15.3. The molecule has 2 rings (SSSR count). The number of thiophene rings is 1. The first-order valence-corrected chi connectivity index (χ1v) is 5.99. The van der Waals surface area contributed by atoms with Gasteiger partial charge in [-0.2, -0.15) is 11.3 Å². The van der Waals surface area contributed by atoms with E-state index in [4.69, 9.17) is 10.9 Å². The van der Waals surface area contributed by atoms with Crippen molar-refractivity contribution in [1.29, 1.82) is 0 Å². The first kappa shape index (κ1) is 10.9. The van der Waals surface area contributed by atoms with Crippen LogP contribution in [0.1, 0.15) is 23.2 Å². The second kappa shape index (κ2) is 4.52. The lowest BCUT2D eigenvalue weighted by Crippen LogP contribution is -2.43. The molecule has 1 fully saturated rings. The lowest BCUT2D eigenvalue weighted by Gasteiger charge is -2.22. The average Bonchev–Trinajstić information content (AvgIpc) is 2.97. The molecule has 6 heteroatoms. The number of carbonyl (C=O) groups is 1. The van der Waals surface area contributed by atoms with Crippen LogP contribution < -0.4 is 5.73 Å². The number of hydrogen-bond donors (Lipinski definition) is 2. The Bertz CT molecular complexity index is 402. The van der Waals surface area contributed by atoms with E-state index in [1.807, 2.05) is 10.8 Å². The number of amidine groups is 1. The van der Waals surface area contributed by atoms with Gasteiger partial charge in [-0.05, 0) is 24.3 Å². The number of hydrogen-bond acceptors (Lipinski definition) is 4. The first-order valence-electron chi connectivity index (χ1n) is 5.04. The van der Waals surface area contributed by atoms with Gasteiger partial charge in [0.1, 0.15) is 0 Å². The van der Waals surface area contributed by atoms with Gasteiger partial charge in [0.2, 0.25) is 0 Å². The molecule has 2 heterocycles. The Balaban J connectivity index is 2.18. The van der Waals surface area contributed by atoms with Gasteiger partial charge >= 0.3 is 0 Å². The number of oxime groups is 1. The smallest absolute Gasteiger partial charge is 0.255 e. The van der Waals surface area contributed by atoms with Crippen molar-refractivity contribution in [3.8, 4) is 0 Å². The highest BCUT2D eigenvalue weighted by Crippen LogP contribution is 2.21. The van der Waals surface area contributed by atoms with Crippen LogP contribution in [0.3, 0.4) is 0 Å². The third-order valence-electron chi connectivity index (χ3n) is 2.74. The van der Waals surface area contributed by atoms with Crippen molar-refractivity contribution in [2.24, 2.45) is 10.9 Å². The van der Waals surface area contributed by atoms with Crippen molar-refractivity contribution >= 4 is 23.1 Å². The largest absolute Gasteiger partial charge is 0.409 e. The van der Waals surface area contributed by atoms with Crippen molar-refractivity contribution in [1.82, 2.24) is 4.90 Å². The Morgan fingerprint density at radius 1 is 1.69 bits per heavy atom. The number of likely N-dealkylation sites (tertiary alicyclic amines) is 1. The molecule has 0 bridgehead atoms. The van der Waals surface area contributed by atoms with Gasteiger partial charge in [-0.1, -0.05) is 5.16 Å². The van der Waals surface area contributed by atoms with Gasteiger partial charge in [0.25, 0.3) is 5.91 Å². The molecule has 3 N–H and O–H groups in total. The summed E-state index contributed by atoms with van der Waals surface area (Å²) in [6.45, 7) is 0.662. The van der Waals surface area contributed by atoms with Gasteiger partial charge in [0.05, 0.1) is 11.6 Å². The van der Waals surface area contributed by atoms with Gasteiger partial charge in [-0.25, -0.2) is 0 Å². The average molecular weight is 239 g/mol. The fourth-order valence-corrected chi connectivity index (χ4v) is 2.57. The molecular formula is C10H13N3O2S. The van der Waals surface area contributed by atoms with Crippen LogP contribution in [0, 0.1) is 0 Å². The summed E-state index contributed by atoms with van der Waals surface area (Å²) in [6.07, 6.45) is 1.64. The molecular weight excluding hydrogens is 226 g/mol. The van der Waals surface area contributed by atoms with Crippen molar-refractivity contribution in [3.63, 3.8) is 0 Å². The van der Waals surface area contributed by atoms with E-state index in [-0.39, 0.29) is 17.8 Å². The number of carbonyl (C=O) groups excluding carboxylic acids is 1. The van der Waals surface area contributed by atoms with Crippen LogP contribution in [-0.4, -0.2) is 34.4 Å². The van der Waals surface area contributed by atoms with Crippen LogP contribution in [0.5, 0.6) is 0 Å². The molecule has 0 saturated carbocycles. The van der Waals surface area contributed by atoms with Crippen molar-refractivity contribution in [2.75, 3.05) is 6.54 Å². The predicted molar refractivity (Wildman–Crippen MR) is 61.8 cm³/mol. The molecule has 1 aliphatic heterocycles. The molecule has 0 aromatic carbocycles. The molecule has 1 aromatic heterocycles. The maximum atomic E-state index is 12.1. The van der Waals surface area contributed by atoms with Gasteiger partial charge in [-0.3, -0.25) is 4.79 Å². The molecule has 0 radical (unpaired) electrons. The van der Waals surface area contributed by atoms with Crippen LogP contribution >= 0.6 is 11.3 Å². The van der Waals surface area contributed by atoms with Gasteiger partial charge in [0, 0.05) is 11.9 Å². The van der Waals surface area contributed by atoms with E-state index in [9.17, 15) is 4.79 Å². The highest BCUT2D eigenvalue weighted by Gasteiger charge is 2.32. The first-order chi connectivity index (χ1) is 7.74. The lowest BCUT2D eigenvalue weighted by atomic mass is 10.2. The normalized spacial score (nSPS) is 21.4. The van der Waals surface area contributed by atoms with E-state index in [1.54, 1.807) is 11.0 Å². The SMILES string of the molecule is NC(=NO)C1CCCN1C(=O)c1ccsc1. The predicted octanol–water partition coefficient (Wildman–Crippen LogP) is 1.10. The maximum Gasteiger partial charge on any atom is 0.255 e. The fourth-order valence-electron chi connectivity index (χ4n) is 1.94. The number of nitrogens with two attached hydrogens (primary N) is 1. The Morgan fingerprint density at radius 3 is 3.12 bits per heavy atom. The third kappa shape index (κ3) is 1.88. The molecule has 1 unspecified atom stereocenters. The Labute approximate surface area is 97.2 Å². The summed E-state index contributed by atoms with van der Waals surface area (Å²) >= 11 is 1.48. The molecule has 5 nitrogen and oxygen atoms in total. The molecule has 1 aliphatic rings. The minimum Gasteiger partial charge on any atom is -0.409 e. The van der Waals surface area contributed by atoms with Crippen molar-refractivity contribution in [2.45, 2.75) is 18.9 Å². The van der Waals surface area contributed by atoms with Gasteiger partial charge in [-0.15, -0.1) is 0 Å². The molecule has 0 spiro atoms. The Hall–Kier alpha value is -1.56.